The zero-order valence-corrected chi connectivity index (χ0v) is 20.2. The van der Waals surface area contributed by atoms with Gasteiger partial charge in [0.2, 0.25) is 0 Å². The third-order valence-electron chi connectivity index (χ3n) is 3.73. The molecule has 0 unspecified atom stereocenters. The maximum Gasteiger partial charge on any atom is 0.335 e. The average molecular weight is 693 g/mol. The Morgan fingerprint density at radius 2 is 1.65 bits per heavy atom. The number of carboxylic acid groups (broad SMARTS) is 1. The highest BCUT2D eigenvalue weighted by molar-refractivity contribution is 14.1. The van der Waals surface area contributed by atoms with Crippen LogP contribution in [0.4, 0.5) is 0 Å². The van der Waals surface area contributed by atoms with Crippen LogP contribution < -0.4 is 10.5 Å². The van der Waals surface area contributed by atoms with Gasteiger partial charge < -0.3 is 20.7 Å². The second kappa shape index (κ2) is 10.3. The van der Waals surface area contributed by atoms with E-state index in [1.165, 1.54) is 0 Å². The summed E-state index contributed by atoms with van der Waals surface area (Å²) in [7, 11) is 0. The van der Waals surface area contributed by atoms with Gasteiger partial charge in [0, 0.05) is 0 Å². The zero-order valence-electron chi connectivity index (χ0n) is 13.8. The molecule has 5 nitrogen and oxygen atoms in total. The summed E-state index contributed by atoms with van der Waals surface area (Å²) >= 11 is 6.23. The first-order valence-electron chi connectivity index (χ1n) is 7.95. The SMILES string of the molecule is NCCCCCc1cc(Oc2c(I)cc(C(=O)O)cc2I)cc(I)c1O. The highest BCUT2D eigenvalue weighted by Crippen LogP contribution is 2.37. The molecule has 140 valence electrons. The van der Waals surface area contributed by atoms with Crippen molar-refractivity contribution in [2.45, 2.75) is 25.7 Å². The number of phenolic OH excluding ortho intramolecular Hbond substituents is 1. The first-order chi connectivity index (χ1) is 12.3. The third-order valence-corrected chi connectivity index (χ3v) is 6.16. The van der Waals surface area contributed by atoms with Crippen molar-refractivity contribution in [3.63, 3.8) is 0 Å². The minimum atomic E-state index is -0.966. The van der Waals surface area contributed by atoms with Gasteiger partial charge in [0.1, 0.15) is 11.5 Å². The molecule has 0 aliphatic carbocycles. The molecule has 0 saturated heterocycles. The molecule has 0 fully saturated rings. The predicted octanol–water partition coefficient (Wildman–Crippen LogP) is 5.37. The van der Waals surface area contributed by atoms with Crippen LogP contribution in [0.1, 0.15) is 35.2 Å². The van der Waals surface area contributed by atoms with Crippen LogP contribution in [0.5, 0.6) is 17.2 Å². The van der Waals surface area contributed by atoms with Crippen LogP contribution >= 0.6 is 67.8 Å². The van der Waals surface area contributed by atoms with Crippen LogP contribution in [0, 0.1) is 10.7 Å². The maximum absolute atomic E-state index is 11.2. The van der Waals surface area contributed by atoms with E-state index in [4.69, 9.17) is 15.6 Å². The van der Waals surface area contributed by atoms with Crippen LogP contribution in [0.15, 0.2) is 24.3 Å². The molecule has 2 aromatic rings. The van der Waals surface area contributed by atoms with Crippen LogP contribution in [0.3, 0.4) is 0 Å². The van der Waals surface area contributed by atoms with Gasteiger partial charge in [-0.3, -0.25) is 0 Å². The Bertz CT molecular complexity index is 788. The number of carboxylic acids is 1. The smallest absolute Gasteiger partial charge is 0.335 e. The zero-order chi connectivity index (χ0) is 19.3. The van der Waals surface area contributed by atoms with Gasteiger partial charge in [-0.05, 0) is 123 Å². The molecule has 8 heteroatoms. The number of phenols is 1. The van der Waals surface area contributed by atoms with Gasteiger partial charge in [0.15, 0.2) is 5.75 Å². The van der Waals surface area contributed by atoms with E-state index in [1.807, 2.05) is 6.07 Å². The van der Waals surface area contributed by atoms with Crippen molar-refractivity contribution in [2.75, 3.05) is 6.54 Å². The van der Waals surface area contributed by atoms with Gasteiger partial charge in [0.05, 0.1) is 16.3 Å². The Hall–Kier alpha value is -0.340. The number of rotatable bonds is 8. The third kappa shape index (κ3) is 5.83. The van der Waals surface area contributed by atoms with Gasteiger partial charge in [-0.25, -0.2) is 4.79 Å². The standard InChI is InChI=1S/C18H18I3NO4/c19-13-9-12(6-10(16(13)23)4-2-1-3-5-22)26-17-14(20)7-11(18(24)25)8-15(17)21/h6-9,23H,1-5,22H2,(H,24,25). The van der Waals surface area contributed by atoms with Gasteiger partial charge in [-0.15, -0.1) is 0 Å². The summed E-state index contributed by atoms with van der Waals surface area (Å²) in [6.07, 6.45) is 3.70. The molecule has 0 bridgehead atoms. The number of halogens is 3. The Morgan fingerprint density at radius 3 is 2.23 bits per heavy atom. The lowest BCUT2D eigenvalue weighted by Crippen LogP contribution is -2.01. The second-order valence-electron chi connectivity index (χ2n) is 5.69. The van der Waals surface area contributed by atoms with Crippen molar-refractivity contribution in [3.05, 3.63) is 46.1 Å². The largest absolute Gasteiger partial charge is 0.507 e. The van der Waals surface area contributed by atoms with Crippen molar-refractivity contribution in [1.82, 2.24) is 0 Å². The number of ether oxygens (including phenoxy) is 1. The van der Waals surface area contributed by atoms with Crippen molar-refractivity contribution in [3.8, 4) is 17.2 Å². The minimum Gasteiger partial charge on any atom is -0.507 e. The van der Waals surface area contributed by atoms with Crippen LogP contribution in [0.2, 0.25) is 0 Å². The van der Waals surface area contributed by atoms with E-state index in [1.54, 1.807) is 18.2 Å². The number of unbranched alkanes of at least 4 members (excludes halogenated alkanes) is 2. The highest BCUT2D eigenvalue weighted by atomic mass is 127. The lowest BCUT2D eigenvalue weighted by Gasteiger charge is -2.14. The molecular formula is C18H18I3NO4. The number of nitrogens with two attached hydrogens (primary N) is 1. The van der Waals surface area contributed by atoms with Gasteiger partial charge in [-0.1, -0.05) is 6.42 Å². The summed E-state index contributed by atoms with van der Waals surface area (Å²) in [6.45, 7) is 0.676. The molecule has 0 aliphatic heterocycles. The quantitative estimate of drug-likeness (QED) is 0.256. The van der Waals surface area contributed by atoms with Crippen molar-refractivity contribution in [2.24, 2.45) is 5.73 Å². The molecule has 2 rings (SSSR count). The average Bonchev–Trinajstić information content (AvgIpc) is 2.58. The Morgan fingerprint density at radius 1 is 1.00 bits per heavy atom. The fourth-order valence-corrected chi connectivity index (χ4v) is 5.05. The summed E-state index contributed by atoms with van der Waals surface area (Å²) in [5.74, 6) is 0.564. The molecule has 4 N–H and O–H groups in total. The molecule has 0 aliphatic rings. The number of hydrogen-bond donors (Lipinski definition) is 3. The van der Waals surface area contributed by atoms with E-state index in [2.05, 4.69) is 67.8 Å². The van der Waals surface area contributed by atoms with E-state index >= 15 is 0 Å². The van der Waals surface area contributed by atoms with Crippen molar-refractivity contribution < 1.29 is 19.7 Å². The molecule has 0 aromatic heterocycles. The molecular weight excluding hydrogens is 675 g/mol. The Labute approximate surface area is 193 Å². The summed E-state index contributed by atoms with van der Waals surface area (Å²) in [5, 5.41) is 19.4. The molecule has 2 aromatic carbocycles. The lowest BCUT2D eigenvalue weighted by atomic mass is 10.1. The van der Waals surface area contributed by atoms with Gasteiger partial charge in [-0.2, -0.15) is 0 Å². The summed E-state index contributed by atoms with van der Waals surface area (Å²) < 4.78 is 8.20. The number of aromatic carboxylic acids is 1. The predicted molar refractivity (Wildman–Crippen MR) is 126 cm³/mol. The van der Waals surface area contributed by atoms with E-state index in [-0.39, 0.29) is 11.3 Å². The highest BCUT2D eigenvalue weighted by Gasteiger charge is 2.15. The van der Waals surface area contributed by atoms with E-state index in [0.29, 0.717) is 18.0 Å². The topological polar surface area (TPSA) is 92.8 Å². The van der Waals surface area contributed by atoms with Crippen LogP contribution in [-0.4, -0.2) is 22.7 Å². The van der Waals surface area contributed by atoms with E-state index in [0.717, 1.165) is 42.0 Å². The van der Waals surface area contributed by atoms with Crippen molar-refractivity contribution in [1.29, 1.82) is 0 Å². The molecule has 26 heavy (non-hydrogen) atoms. The Balaban J connectivity index is 2.27. The van der Waals surface area contributed by atoms with Crippen molar-refractivity contribution >= 4 is 73.7 Å². The fraction of sp³-hybridized carbons (Fsp3) is 0.278. The lowest BCUT2D eigenvalue weighted by molar-refractivity contribution is 0.0696. The molecule has 0 saturated carbocycles. The molecule has 0 atom stereocenters. The second-order valence-corrected chi connectivity index (χ2v) is 9.17. The number of aromatic hydroxyl groups is 1. The normalized spacial score (nSPS) is 10.8. The van der Waals surface area contributed by atoms with Crippen LogP contribution in [0.25, 0.3) is 0 Å². The number of aryl methyl sites for hydroxylation is 1. The first kappa shape index (κ1) is 22.0. The number of carbonyl (C=O) groups is 1. The van der Waals surface area contributed by atoms with Crippen LogP contribution in [-0.2, 0) is 6.42 Å². The minimum absolute atomic E-state index is 0.229. The summed E-state index contributed by atoms with van der Waals surface area (Å²) in [4.78, 5) is 11.2. The Kier molecular flexibility index (Phi) is 8.67. The summed E-state index contributed by atoms with van der Waals surface area (Å²) in [5.41, 5.74) is 6.59. The first-order valence-corrected chi connectivity index (χ1v) is 11.2. The molecule has 0 heterocycles. The van der Waals surface area contributed by atoms with Gasteiger partial charge in [0.25, 0.3) is 0 Å². The number of benzene rings is 2. The van der Waals surface area contributed by atoms with E-state index < -0.39 is 5.97 Å². The molecule has 0 amide bonds. The monoisotopic (exact) mass is 693 g/mol. The fourth-order valence-electron chi connectivity index (χ4n) is 2.41. The summed E-state index contributed by atoms with van der Waals surface area (Å²) in [6, 6.07) is 6.78. The maximum atomic E-state index is 11.2. The number of hydrogen-bond acceptors (Lipinski definition) is 4. The van der Waals surface area contributed by atoms with Gasteiger partial charge >= 0.3 is 5.97 Å². The molecule has 0 spiro atoms. The molecule has 0 radical (unpaired) electrons. The van der Waals surface area contributed by atoms with E-state index in [9.17, 15) is 9.90 Å².